The fraction of sp³-hybridized carbons (Fsp3) is 0.846. The number of anilines is 1. The molecule has 2 aliphatic heterocycles. The Hall–Kier alpha value is -0.680. The Bertz CT molecular complexity index is 403. The van der Waals surface area contributed by atoms with Crippen molar-refractivity contribution in [3.63, 3.8) is 0 Å². The lowest BCUT2D eigenvalue weighted by Crippen LogP contribution is -2.40. The van der Waals surface area contributed by atoms with Crippen molar-refractivity contribution in [3.05, 3.63) is 5.51 Å². The fourth-order valence-electron chi connectivity index (χ4n) is 3.54. The molecule has 4 rings (SSSR count). The van der Waals surface area contributed by atoms with Gasteiger partial charge in [-0.2, -0.15) is 0 Å². The number of aromatic nitrogens is 2. The summed E-state index contributed by atoms with van der Waals surface area (Å²) in [5.74, 6) is 2.79. The molecule has 1 saturated carbocycles. The maximum atomic E-state index is 4.21. The zero-order chi connectivity index (χ0) is 11.9. The summed E-state index contributed by atoms with van der Waals surface area (Å²) in [5.41, 5.74) is 1.84. The van der Waals surface area contributed by atoms with Crippen LogP contribution in [0, 0.1) is 17.8 Å². The first-order valence-electron chi connectivity index (χ1n) is 7.12. The van der Waals surface area contributed by atoms with Gasteiger partial charge in [-0.25, -0.2) is 0 Å². The lowest BCUT2D eigenvalue weighted by molar-refractivity contribution is 0.143. The van der Waals surface area contributed by atoms with Gasteiger partial charge < -0.3 is 9.80 Å². The number of fused-ring (bicyclic) bond motifs is 1. The second-order valence-electron chi connectivity index (χ2n) is 6.14. The molecule has 1 aromatic heterocycles. The fourth-order valence-corrected chi connectivity index (χ4v) is 4.12. The van der Waals surface area contributed by atoms with E-state index in [9.17, 15) is 0 Å². The minimum Gasteiger partial charge on any atom is -0.346 e. The molecule has 18 heavy (non-hydrogen) atoms. The van der Waals surface area contributed by atoms with Crippen molar-refractivity contribution in [2.75, 3.05) is 37.6 Å². The van der Waals surface area contributed by atoms with Gasteiger partial charge in [-0.15, -0.1) is 10.2 Å². The summed E-state index contributed by atoms with van der Waals surface area (Å²) in [4.78, 5) is 5.16. The third kappa shape index (κ3) is 2.14. The van der Waals surface area contributed by atoms with Crippen molar-refractivity contribution >= 4 is 16.5 Å². The van der Waals surface area contributed by atoms with Crippen molar-refractivity contribution in [1.29, 1.82) is 0 Å². The SMILES string of the molecule is c1nnc(N2C[C@H]3CCN(CC4CC4)C[C@@H]3C2)s1. The molecule has 0 spiro atoms. The van der Waals surface area contributed by atoms with Crippen molar-refractivity contribution in [2.45, 2.75) is 19.3 Å². The topological polar surface area (TPSA) is 32.3 Å². The monoisotopic (exact) mass is 264 g/mol. The maximum Gasteiger partial charge on any atom is 0.208 e. The van der Waals surface area contributed by atoms with Crippen molar-refractivity contribution < 1.29 is 0 Å². The first-order valence-corrected chi connectivity index (χ1v) is 8.00. The van der Waals surface area contributed by atoms with E-state index in [0.29, 0.717) is 0 Å². The van der Waals surface area contributed by atoms with Crippen molar-refractivity contribution in [2.24, 2.45) is 17.8 Å². The number of hydrogen-bond acceptors (Lipinski definition) is 5. The first-order chi connectivity index (χ1) is 8.88. The Morgan fingerprint density at radius 2 is 2.06 bits per heavy atom. The molecule has 0 radical (unpaired) electrons. The molecule has 0 amide bonds. The van der Waals surface area contributed by atoms with E-state index in [1.165, 1.54) is 52.0 Å². The van der Waals surface area contributed by atoms with Gasteiger partial charge in [0.25, 0.3) is 0 Å². The molecule has 1 aromatic rings. The Morgan fingerprint density at radius 3 is 2.83 bits per heavy atom. The van der Waals surface area contributed by atoms with Crippen molar-refractivity contribution in [1.82, 2.24) is 15.1 Å². The standard InChI is InChI=1S/C13H20N4S/c1-2-10(1)5-16-4-3-11-7-17(8-12(11)6-16)13-15-14-9-18-13/h9-12H,1-8H2/t11-,12-/m1/s1. The summed E-state index contributed by atoms with van der Waals surface area (Å²) >= 11 is 1.68. The summed E-state index contributed by atoms with van der Waals surface area (Å²) in [6.45, 7) is 6.40. The van der Waals surface area contributed by atoms with Gasteiger partial charge in [-0.3, -0.25) is 0 Å². The molecular formula is C13H20N4S. The van der Waals surface area contributed by atoms with Gasteiger partial charge in [0, 0.05) is 26.2 Å². The molecule has 0 bridgehead atoms. The lowest BCUT2D eigenvalue weighted by Gasteiger charge is -2.34. The molecular weight excluding hydrogens is 244 g/mol. The quantitative estimate of drug-likeness (QED) is 0.832. The minimum absolute atomic E-state index is 0.862. The highest BCUT2D eigenvalue weighted by Gasteiger charge is 2.38. The third-order valence-corrected chi connectivity index (χ3v) is 5.47. The molecule has 0 aromatic carbocycles. The van der Waals surface area contributed by atoms with Crippen LogP contribution in [0.1, 0.15) is 19.3 Å². The van der Waals surface area contributed by atoms with Gasteiger partial charge >= 0.3 is 0 Å². The van der Waals surface area contributed by atoms with Crippen LogP contribution in [0.3, 0.4) is 0 Å². The molecule has 4 nitrogen and oxygen atoms in total. The van der Waals surface area contributed by atoms with E-state index in [-0.39, 0.29) is 0 Å². The van der Waals surface area contributed by atoms with Crippen LogP contribution in [-0.4, -0.2) is 47.8 Å². The zero-order valence-electron chi connectivity index (χ0n) is 10.7. The average Bonchev–Trinajstić information content (AvgIpc) is 2.92. The van der Waals surface area contributed by atoms with Gasteiger partial charge in [0.15, 0.2) is 0 Å². The highest BCUT2D eigenvalue weighted by molar-refractivity contribution is 7.13. The Labute approximate surface area is 112 Å². The Morgan fingerprint density at radius 1 is 1.17 bits per heavy atom. The van der Waals surface area contributed by atoms with Crippen LogP contribution in [0.2, 0.25) is 0 Å². The molecule has 3 aliphatic rings. The number of rotatable bonds is 3. The van der Waals surface area contributed by atoms with Gasteiger partial charge in [-0.1, -0.05) is 11.3 Å². The summed E-state index contributed by atoms with van der Waals surface area (Å²) in [6.07, 6.45) is 4.33. The predicted octanol–water partition coefficient (Wildman–Crippen LogP) is 1.71. The second kappa shape index (κ2) is 4.46. The van der Waals surface area contributed by atoms with E-state index in [2.05, 4.69) is 20.0 Å². The predicted molar refractivity (Wildman–Crippen MR) is 72.9 cm³/mol. The molecule has 2 atom stereocenters. The van der Waals surface area contributed by atoms with Crippen LogP contribution >= 0.6 is 11.3 Å². The van der Waals surface area contributed by atoms with Crippen LogP contribution in [0.15, 0.2) is 5.51 Å². The van der Waals surface area contributed by atoms with Crippen molar-refractivity contribution in [3.8, 4) is 0 Å². The van der Waals surface area contributed by atoms with E-state index >= 15 is 0 Å². The number of hydrogen-bond donors (Lipinski definition) is 0. The van der Waals surface area contributed by atoms with Crippen LogP contribution in [0.25, 0.3) is 0 Å². The second-order valence-corrected chi connectivity index (χ2v) is 6.95. The highest BCUT2D eigenvalue weighted by Crippen LogP contribution is 2.36. The highest BCUT2D eigenvalue weighted by atomic mass is 32.1. The summed E-state index contributed by atoms with van der Waals surface area (Å²) in [7, 11) is 0. The van der Waals surface area contributed by atoms with Gasteiger partial charge in [0.1, 0.15) is 5.51 Å². The molecule has 3 fully saturated rings. The molecule has 1 aliphatic carbocycles. The largest absolute Gasteiger partial charge is 0.346 e. The van der Waals surface area contributed by atoms with Gasteiger partial charge in [-0.05, 0) is 43.6 Å². The molecule has 2 saturated heterocycles. The van der Waals surface area contributed by atoms with Gasteiger partial charge in [0.2, 0.25) is 5.13 Å². The Kier molecular flexibility index (Phi) is 2.77. The molecule has 0 N–H and O–H groups in total. The molecule has 0 unspecified atom stereocenters. The van der Waals surface area contributed by atoms with Crippen LogP contribution in [0.4, 0.5) is 5.13 Å². The van der Waals surface area contributed by atoms with E-state index in [1.54, 1.807) is 11.3 Å². The number of likely N-dealkylation sites (tertiary alicyclic amines) is 1. The number of piperidine rings is 1. The average molecular weight is 264 g/mol. The lowest BCUT2D eigenvalue weighted by atomic mass is 9.88. The summed E-state index contributed by atoms with van der Waals surface area (Å²) < 4.78 is 0. The smallest absolute Gasteiger partial charge is 0.208 e. The van der Waals surface area contributed by atoms with E-state index < -0.39 is 0 Å². The van der Waals surface area contributed by atoms with Gasteiger partial charge in [0.05, 0.1) is 0 Å². The normalized spacial score (nSPS) is 32.8. The number of nitrogens with zero attached hydrogens (tertiary/aromatic N) is 4. The summed E-state index contributed by atoms with van der Waals surface area (Å²) in [6, 6.07) is 0. The first kappa shape index (κ1) is 11.2. The van der Waals surface area contributed by atoms with E-state index in [0.717, 1.165) is 22.9 Å². The zero-order valence-corrected chi connectivity index (χ0v) is 11.5. The molecule has 3 heterocycles. The molecule has 5 heteroatoms. The van der Waals surface area contributed by atoms with Crippen LogP contribution in [0.5, 0.6) is 0 Å². The summed E-state index contributed by atoms with van der Waals surface area (Å²) in [5, 5.41) is 9.30. The van der Waals surface area contributed by atoms with E-state index in [4.69, 9.17) is 0 Å². The van der Waals surface area contributed by atoms with E-state index in [1.807, 2.05) is 5.51 Å². The van der Waals surface area contributed by atoms with Crippen LogP contribution in [-0.2, 0) is 0 Å². The third-order valence-electron chi connectivity index (χ3n) is 4.72. The van der Waals surface area contributed by atoms with Crippen LogP contribution < -0.4 is 4.90 Å². The Balaban J connectivity index is 1.39. The minimum atomic E-state index is 0.862. The maximum absolute atomic E-state index is 4.21. The molecule has 98 valence electrons.